The summed E-state index contributed by atoms with van der Waals surface area (Å²) >= 11 is 14.4. The Kier molecular flexibility index (Phi) is 7.92. The number of rotatable bonds is 5. The van der Waals surface area contributed by atoms with E-state index in [0.717, 1.165) is 16.9 Å². The van der Waals surface area contributed by atoms with Crippen molar-refractivity contribution in [3.8, 4) is 0 Å². The minimum Gasteiger partial charge on any atom is -0.361 e. The molecule has 1 heterocycles. The molecule has 2 aromatic rings. The van der Waals surface area contributed by atoms with Gasteiger partial charge in [0.25, 0.3) is 0 Å². The highest BCUT2D eigenvalue weighted by molar-refractivity contribution is 8.00. The zero-order valence-corrected chi connectivity index (χ0v) is 22.0. The zero-order chi connectivity index (χ0) is 23.7. The van der Waals surface area contributed by atoms with E-state index in [9.17, 15) is 4.79 Å². The fraction of sp³-hybridized carbons (Fsp3) is 0.500. The highest BCUT2D eigenvalue weighted by Gasteiger charge is 2.45. The lowest BCUT2D eigenvalue weighted by Gasteiger charge is -2.49. The first-order chi connectivity index (χ1) is 14.9. The maximum absolute atomic E-state index is 13.4. The third-order valence-corrected chi connectivity index (χ3v) is 7.49. The first-order valence-electron chi connectivity index (χ1n) is 10.9. The molecule has 1 fully saturated rings. The first kappa shape index (κ1) is 25.4. The molecule has 0 radical (unpaired) electrons. The third kappa shape index (κ3) is 6.22. The molecule has 0 N–H and O–H groups in total. The molecule has 0 spiro atoms. The molecule has 1 saturated heterocycles. The second-order valence-corrected chi connectivity index (χ2v) is 13.1. The van der Waals surface area contributed by atoms with Crippen molar-refractivity contribution in [3.63, 3.8) is 0 Å². The Morgan fingerprint density at radius 3 is 2.22 bits per heavy atom. The van der Waals surface area contributed by atoms with Crippen LogP contribution in [0.4, 0.5) is 0 Å². The maximum atomic E-state index is 13.4. The number of ether oxygens (including phenoxy) is 1. The second-order valence-electron chi connectivity index (χ2n) is 10.4. The summed E-state index contributed by atoms with van der Waals surface area (Å²) in [6.45, 7) is 13.3. The van der Waals surface area contributed by atoms with Gasteiger partial charge in [-0.1, -0.05) is 89.0 Å². The molecule has 2 aromatic carbocycles. The number of nitrogens with zero attached hydrogens (tertiary/aromatic N) is 1. The number of morpholine rings is 1. The Labute approximate surface area is 206 Å². The van der Waals surface area contributed by atoms with Gasteiger partial charge in [0.15, 0.2) is 0 Å². The van der Waals surface area contributed by atoms with Crippen LogP contribution in [0.1, 0.15) is 64.8 Å². The molecule has 32 heavy (non-hydrogen) atoms. The first-order valence-corrected chi connectivity index (χ1v) is 12.7. The van der Waals surface area contributed by atoms with Crippen LogP contribution in [0.15, 0.2) is 48.5 Å². The number of carbonyl (C=O) groups is 1. The molecular formula is C26H33Cl2NO2S. The van der Waals surface area contributed by atoms with Crippen LogP contribution in [0.2, 0.25) is 10.0 Å². The smallest absolute Gasteiger partial charge is 0.249 e. The van der Waals surface area contributed by atoms with Gasteiger partial charge in [-0.25, -0.2) is 0 Å². The summed E-state index contributed by atoms with van der Waals surface area (Å²) in [6, 6.07) is 15.2. The molecule has 1 aliphatic heterocycles. The van der Waals surface area contributed by atoms with Crippen molar-refractivity contribution in [1.29, 1.82) is 0 Å². The molecule has 3 rings (SSSR count). The number of thioether (sulfide) groups is 1. The van der Waals surface area contributed by atoms with Gasteiger partial charge in [-0.15, -0.1) is 0 Å². The molecular weight excluding hydrogens is 461 g/mol. The van der Waals surface area contributed by atoms with Crippen molar-refractivity contribution in [3.05, 3.63) is 69.7 Å². The molecule has 1 aliphatic rings. The van der Waals surface area contributed by atoms with Crippen molar-refractivity contribution in [2.75, 3.05) is 12.4 Å². The monoisotopic (exact) mass is 493 g/mol. The molecule has 1 amide bonds. The van der Waals surface area contributed by atoms with Gasteiger partial charge < -0.3 is 9.64 Å². The minimum absolute atomic E-state index is 0.0117. The summed E-state index contributed by atoms with van der Waals surface area (Å²) in [5.41, 5.74) is 1.85. The van der Waals surface area contributed by atoms with Gasteiger partial charge in [-0.2, -0.15) is 11.8 Å². The molecule has 3 nitrogen and oxygen atoms in total. The van der Waals surface area contributed by atoms with Crippen LogP contribution in [0, 0.1) is 5.41 Å². The van der Waals surface area contributed by atoms with Gasteiger partial charge in [0.2, 0.25) is 5.91 Å². The molecule has 0 aliphatic carbocycles. The average Bonchev–Trinajstić information content (AvgIpc) is 2.68. The Balaban J connectivity index is 2.12. The van der Waals surface area contributed by atoms with Crippen molar-refractivity contribution in [2.24, 2.45) is 5.41 Å². The number of hydrogen-bond acceptors (Lipinski definition) is 3. The van der Waals surface area contributed by atoms with Gasteiger partial charge in [0, 0.05) is 26.6 Å². The molecule has 3 atom stereocenters. The van der Waals surface area contributed by atoms with Gasteiger partial charge in [0.1, 0.15) is 12.7 Å². The fourth-order valence-electron chi connectivity index (χ4n) is 4.03. The maximum Gasteiger partial charge on any atom is 0.249 e. The molecule has 6 heteroatoms. The van der Waals surface area contributed by atoms with Crippen molar-refractivity contribution in [2.45, 2.75) is 64.5 Å². The minimum atomic E-state index is -0.322. The van der Waals surface area contributed by atoms with Crippen LogP contribution >= 0.6 is 35.0 Å². The predicted molar refractivity (Wildman–Crippen MR) is 137 cm³/mol. The van der Waals surface area contributed by atoms with Crippen LogP contribution in [0.25, 0.3) is 0 Å². The third-order valence-electron chi connectivity index (χ3n) is 5.66. The Hall–Kier alpha value is -1.20. The van der Waals surface area contributed by atoms with Crippen LogP contribution in [0.5, 0.6) is 0 Å². The van der Waals surface area contributed by atoms with Crippen LogP contribution in [-0.4, -0.2) is 34.0 Å². The van der Waals surface area contributed by atoms with E-state index < -0.39 is 0 Å². The number of benzene rings is 2. The van der Waals surface area contributed by atoms with E-state index in [1.807, 2.05) is 60.3 Å². The molecule has 0 aromatic heterocycles. The summed E-state index contributed by atoms with van der Waals surface area (Å²) in [5.74, 6) is 0.850. The van der Waals surface area contributed by atoms with E-state index in [4.69, 9.17) is 27.9 Å². The number of carbonyl (C=O) groups excluding carboxylic acids is 1. The van der Waals surface area contributed by atoms with Gasteiger partial charge in [-0.05, 0) is 40.8 Å². The summed E-state index contributed by atoms with van der Waals surface area (Å²) in [6.07, 6.45) is -0.322. The van der Waals surface area contributed by atoms with E-state index in [1.165, 1.54) is 0 Å². The van der Waals surface area contributed by atoms with E-state index in [-0.39, 0.29) is 40.9 Å². The second kappa shape index (κ2) is 9.97. The van der Waals surface area contributed by atoms with Gasteiger partial charge >= 0.3 is 0 Å². The molecule has 0 bridgehead atoms. The SMILES string of the molecule is CC(C)(C)SCC(N1C(=O)CO[C@H](c2cccc(Cl)c2)[C@H]1c1ccc(Cl)cc1)C(C)(C)C. The van der Waals surface area contributed by atoms with Gasteiger partial charge in [0.05, 0.1) is 6.04 Å². The van der Waals surface area contributed by atoms with E-state index >= 15 is 0 Å². The molecule has 0 saturated carbocycles. The lowest BCUT2D eigenvalue weighted by molar-refractivity contribution is -0.166. The van der Waals surface area contributed by atoms with E-state index in [1.54, 1.807) is 0 Å². The van der Waals surface area contributed by atoms with Gasteiger partial charge in [-0.3, -0.25) is 4.79 Å². The lowest BCUT2D eigenvalue weighted by Crippen LogP contribution is -2.56. The summed E-state index contributed by atoms with van der Waals surface area (Å²) < 4.78 is 6.28. The largest absolute Gasteiger partial charge is 0.361 e. The topological polar surface area (TPSA) is 29.5 Å². The van der Waals surface area contributed by atoms with Crippen molar-refractivity contribution >= 4 is 40.9 Å². The number of hydrogen-bond donors (Lipinski definition) is 0. The van der Waals surface area contributed by atoms with Crippen LogP contribution in [-0.2, 0) is 9.53 Å². The summed E-state index contributed by atoms with van der Waals surface area (Å²) in [7, 11) is 0. The van der Waals surface area contributed by atoms with Crippen molar-refractivity contribution in [1.82, 2.24) is 4.90 Å². The summed E-state index contributed by atoms with van der Waals surface area (Å²) in [4.78, 5) is 15.5. The van der Waals surface area contributed by atoms with E-state index in [2.05, 4.69) is 46.4 Å². The van der Waals surface area contributed by atoms with Crippen LogP contribution < -0.4 is 0 Å². The highest BCUT2D eigenvalue weighted by atomic mass is 35.5. The normalized spacial score (nSPS) is 21.0. The molecule has 174 valence electrons. The van der Waals surface area contributed by atoms with E-state index in [0.29, 0.717) is 10.0 Å². The zero-order valence-electron chi connectivity index (χ0n) is 19.7. The molecule has 1 unspecified atom stereocenters. The lowest BCUT2D eigenvalue weighted by atomic mass is 9.83. The Bertz CT molecular complexity index is 934. The Morgan fingerprint density at radius 1 is 1.00 bits per heavy atom. The average molecular weight is 495 g/mol. The summed E-state index contributed by atoms with van der Waals surface area (Å²) in [5, 5.41) is 1.32. The fourth-order valence-corrected chi connectivity index (χ4v) is 5.67. The Morgan fingerprint density at radius 2 is 1.66 bits per heavy atom. The van der Waals surface area contributed by atoms with Crippen molar-refractivity contribution < 1.29 is 9.53 Å². The number of halogens is 2. The predicted octanol–water partition coefficient (Wildman–Crippen LogP) is 7.58. The standard InChI is InChI=1S/C26H33Cl2NO2S/c1-25(2,3)21(16-32-26(4,5)6)29-22(30)15-31-24(18-8-7-9-20(28)14-18)23(29)17-10-12-19(27)13-11-17/h7-14,21,23-24H,15-16H2,1-6H3/t21?,23-,24-/m1/s1. The highest BCUT2D eigenvalue weighted by Crippen LogP contribution is 2.45. The quantitative estimate of drug-likeness (QED) is 0.429. The number of amides is 1. The van der Waals surface area contributed by atoms with Crippen LogP contribution in [0.3, 0.4) is 0 Å².